The summed E-state index contributed by atoms with van der Waals surface area (Å²) in [5.41, 5.74) is 4.45. The molecule has 1 aliphatic rings. The van der Waals surface area contributed by atoms with Gasteiger partial charge in [-0.2, -0.15) is 5.10 Å². The Balaban J connectivity index is 1.31. The highest BCUT2D eigenvalue weighted by molar-refractivity contribution is 6.31. The molecular weight excluding hydrogens is 629 g/mol. The summed E-state index contributed by atoms with van der Waals surface area (Å²) in [5, 5.41) is 16.4. The molecule has 230 valence electrons. The lowest BCUT2D eigenvalue weighted by Crippen LogP contribution is -2.27. The van der Waals surface area contributed by atoms with Crippen molar-refractivity contribution >= 4 is 34.8 Å². The minimum Gasteiger partial charge on any atom is -0.323 e. The summed E-state index contributed by atoms with van der Waals surface area (Å²) in [7, 11) is 0. The van der Waals surface area contributed by atoms with Crippen molar-refractivity contribution in [3.05, 3.63) is 106 Å². The lowest BCUT2D eigenvalue weighted by Gasteiger charge is -2.22. The van der Waals surface area contributed by atoms with Crippen LogP contribution in [0, 0.1) is 5.92 Å². The molecule has 6 aromatic rings. The van der Waals surface area contributed by atoms with Crippen LogP contribution in [0.3, 0.4) is 0 Å². The molecule has 7 rings (SSSR count). The molecular formula is C31H25Cl2N11O2. The van der Waals surface area contributed by atoms with E-state index in [0.717, 1.165) is 5.56 Å². The average molecular weight is 655 g/mol. The number of pyridine rings is 1. The average Bonchev–Trinajstić information content (AvgIpc) is 3.69. The van der Waals surface area contributed by atoms with Crippen LogP contribution in [0.5, 0.6) is 0 Å². The largest absolute Gasteiger partial charge is 0.323 e. The van der Waals surface area contributed by atoms with Crippen LogP contribution in [0.4, 0.5) is 5.69 Å². The van der Waals surface area contributed by atoms with Gasteiger partial charge in [0.15, 0.2) is 5.15 Å². The zero-order chi connectivity index (χ0) is 31.8. The van der Waals surface area contributed by atoms with Crippen molar-refractivity contribution in [2.75, 3.05) is 5.32 Å². The number of hydrogen-bond donors (Lipinski definition) is 1. The topological polar surface area (TPSA) is 151 Å². The first-order chi connectivity index (χ1) is 22.3. The fourth-order valence-electron chi connectivity index (χ4n) is 5.50. The molecule has 1 N–H and O–H groups in total. The van der Waals surface area contributed by atoms with Crippen molar-refractivity contribution in [1.82, 2.24) is 49.3 Å². The second kappa shape index (κ2) is 12.3. The van der Waals surface area contributed by atoms with Gasteiger partial charge in [-0.15, -0.1) is 5.10 Å². The lowest BCUT2D eigenvalue weighted by atomic mass is 9.97. The highest BCUT2D eigenvalue weighted by Gasteiger charge is 2.24. The van der Waals surface area contributed by atoms with Gasteiger partial charge in [0.1, 0.15) is 17.7 Å². The molecule has 0 saturated carbocycles. The van der Waals surface area contributed by atoms with Crippen molar-refractivity contribution in [2.24, 2.45) is 5.92 Å². The Morgan fingerprint density at radius 3 is 2.59 bits per heavy atom. The maximum absolute atomic E-state index is 13.8. The van der Waals surface area contributed by atoms with Gasteiger partial charge < -0.3 is 5.32 Å². The van der Waals surface area contributed by atoms with Crippen LogP contribution in [0.25, 0.3) is 33.9 Å². The molecule has 1 amide bonds. The lowest BCUT2D eigenvalue weighted by molar-refractivity contribution is -0.119. The van der Waals surface area contributed by atoms with Gasteiger partial charge in [0.2, 0.25) is 5.91 Å². The van der Waals surface area contributed by atoms with Gasteiger partial charge >= 0.3 is 0 Å². The molecule has 0 spiro atoms. The van der Waals surface area contributed by atoms with Crippen molar-refractivity contribution in [1.29, 1.82) is 0 Å². The Bertz CT molecular complexity index is 2130. The zero-order valence-corrected chi connectivity index (χ0v) is 25.8. The number of benzene rings is 1. The van der Waals surface area contributed by atoms with E-state index in [1.165, 1.54) is 23.4 Å². The quantitative estimate of drug-likeness (QED) is 0.271. The Morgan fingerprint density at radius 1 is 0.957 bits per heavy atom. The smallest absolute Gasteiger partial charge is 0.254 e. The van der Waals surface area contributed by atoms with E-state index in [0.29, 0.717) is 64.0 Å². The predicted molar refractivity (Wildman–Crippen MR) is 171 cm³/mol. The standard InChI is InChI=1S/C31H25Cl2N11O2/c1-18-3-2-4-27(42-17-37-23(11-29(42)45)22-10-20(32)5-6-26(22)44-15-28(33)39-41-44)24-9-19(7-8-36-24)30-25(38-31(18)46)14-43(40-30)21-12-34-16-35-13-21/h5-18,27H,2-4H2,1H3,(H,38,46)/t18-,27+/m1/s1. The van der Waals surface area contributed by atoms with Crippen molar-refractivity contribution in [3.8, 4) is 33.9 Å². The molecule has 1 aliphatic heterocycles. The van der Waals surface area contributed by atoms with E-state index in [9.17, 15) is 9.59 Å². The van der Waals surface area contributed by atoms with Crippen molar-refractivity contribution in [3.63, 3.8) is 0 Å². The molecule has 0 fully saturated rings. The van der Waals surface area contributed by atoms with Gasteiger partial charge in [-0.25, -0.2) is 24.3 Å². The highest BCUT2D eigenvalue weighted by atomic mass is 35.5. The van der Waals surface area contributed by atoms with E-state index in [1.54, 1.807) is 58.4 Å². The van der Waals surface area contributed by atoms with Crippen LogP contribution < -0.4 is 10.9 Å². The van der Waals surface area contributed by atoms with Gasteiger partial charge in [0.25, 0.3) is 5.56 Å². The summed E-state index contributed by atoms with van der Waals surface area (Å²) in [6.07, 6.45) is 13.0. The van der Waals surface area contributed by atoms with Gasteiger partial charge in [-0.3, -0.25) is 19.1 Å². The normalized spacial score (nSPS) is 16.6. The number of amides is 1. The van der Waals surface area contributed by atoms with Crippen LogP contribution in [0.15, 0.2) is 84.8 Å². The number of aromatic nitrogens is 10. The minimum absolute atomic E-state index is 0.120. The van der Waals surface area contributed by atoms with Crippen LogP contribution in [0.1, 0.15) is 37.9 Å². The third-order valence-corrected chi connectivity index (χ3v) is 8.27. The van der Waals surface area contributed by atoms with Crippen LogP contribution in [0.2, 0.25) is 10.2 Å². The number of rotatable bonds is 4. The molecule has 5 aromatic heterocycles. The van der Waals surface area contributed by atoms with Gasteiger partial charge in [0.05, 0.1) is 59.9 Å². The van der Waals surface area contributed by atoms with Crippen molar-refractivity contribution < 1.29 is 4.79 Å². The second-order valence-corrected chi connectivity index (χ2v) is 11.7. The van der Waals surface area contributed by atoms with Crippen LogP contribution >= 0.6 is 23.2 Å². The zero-order valence-electron chi connectivity index (χ0n) is 24.3. The molecule has 2 atom stereocenters. The number of anilines is 1. The number of fused-ring (bicyclic) bond motifs is 4. The van der Waals surface area contributed by atoms with E-state index in [4.69, 9.17) is 28.3 Å². The highest BCUT2D eigenvalue weighted by Crippen LogP contribution is 2.33. The fourth-order valence-corrected chi connectivity index (χ4v) is 5.80. The first-order valence-corrected chi connectivity index (χ1v) is 15.2. The minimum atomic E-state index is -0.454. The van der Waals surface area contributed by atoms with E-state index >= 15 is 0 Å². The Kier molecular flexibility index (Phi) is 7.84. The number of hydrogen-bond acceptors (Lipinski definition) is 9. The van der Waals surface area contributed by atoms with E-state index < -0.39 is 6.04 Å². The second-order valence-electron chi connectivity index (χ2n) is 10.9. The Morgan fingerprint density at radius 2 is 1.80 bits per heavy atom. The van der Waals surface area contributed by atoms with Crippen molar-refractivity contribution in [2.45, 2.75) is 32.2 Å². The molecule has 6 heterocycles. The monoisotopic (exact) mass is 653 g/mol. The first kappa shape index (κ1) is 29.4. The summed E-state index contributed by atoms with van der Waals surface area (Å²) >= 11 is 12.4. The van der Waals surface area contributed by atoms with E-state index in [1.807, 2.05) is 19.1 Å². The summed E-state index contributed by atoms with van der Waals surface area (Å²) in [6.45, 7) is 1.89. The number of halogens is 2. The fraction of sp³-hybridized carbons (Fsp3) is 0.194. The van der Waals surface area contributed by atoms with Crippen LogP contribution in [-0.2, 0) is 4.79 Å². The van der Waals surface area contributed by atoms with Gasteiger partial charge in [-0.05, 0) is 43.2 Å². The third-order valence-electron chi connectivity index (χ3n) is 7.86. The van der Waals surface area contributed by atoms with E-state index in [2.05, 4.69) is 35.6 Å². The summed E-state index contributed by atoms with van der Waals surface area (Å²) in [6, 6.07) is 9.91. The molecule has 1 aromatic carbocycles. The summed E-state index contributed by atoms with van der Waals surface area (Å²) in [4.78, 5) is 44.6. The number of nitrogens with one attached hydrogen (secondary N) is 1. The Labute approximate surface area is 271 Å². The molecule has 0 unspecified atom stereocenters. The van der Waals surface area contributed by atoms with E-state index in [-0.39, 0.29) is 22.5 Å². The molecule has 0 saturated heterocycles. The maximum Gasteiger partial charge on any atom is 0.254 e. The molecule has 0 radical (unpaired) electrons. The maximum atomic E-state index is 13.8. The van der Waals surface area contributed by atoms with Crippen LogP contribution in [-0.4, -0.2) is 55.2 Å². The Hall–Kier alpha value is -5.27. The number of nitrogens with zero attached hydrogens (tertiary/aromatic N) is 10. The number of carbonyl (C=O) groups excluding carboxylic acids is 1. The number of carbonyl (C=O) groups is 1. The van der Waals surface area contributed by atoms with Gasteiger partial charge in [0, 0.05) is 34.3 Å². The summed E-state index contributed by atoms with van der Waals surface area (Å²) in [5.74, 6) is -0.405. The summed E-state index contributed by atoms with van der Waals surface area (Å²) < 4.78 is 4.70. The molecule has 2 bridgehead atoms. The first-order valence-electron chi connectivity index (χ1n) is 14.4. The van der Waals surface area contributed by atoms with Gasteiger partial charge in [-0.1, -0.05) is 41.8 Å². The molecule has 0 aliphatic carbocycles. The molecule has 13 nitrogen and oxygen atoms in total. The molecule has 15 heteroatoms. The molecule has 46 heavy (non-hydrogen) atoms. The predicted octanol–water partition coefficient (Wildman–Crippen LogP) is 5.18. The third kappa shape index (κ3) is 5.77. The SMILES string of the molecule is C[C@@H]1CCC[C@H](n2cnc(-c3cc(Cl)ccc3-n3cc(Cl)nn3)cc2=O)c2cc(ccn2)-c2nn(-c3cncnc3)cc2NC1=O.